The SMILES string of the molecule is COc1ccccc1NC(=O)C(=O)N/N=C\c1cc(Br)c(OCC(=O)N2CCOCC2)c(OC)c1. The molecular weight excluding hydrogens is 524 g/mol. The third-order valence-electron chi connectivity index (χ3n) is 4.90. The van der Waals surface area contributed by atoms with Crippen molar-refractivity contribution >= 4 is 45.6 Å². The number of morpholine rings is 1. The number of hydrazone groups is 1. The van der Waals surface area contributed by atoms with Crippen molar-refractivity contribution in [2.45, 2.75) is 0 Å². The van der Waals surface area contributed by atoms with E-state index in [4.69, 9.17) is 18.9 Å². The Hall–Kier alpha value is -3.64. The Labute approximate surface area is 210 Å². The van der Waals surface area contributed by atoms with Crippen LogP contribution in [0.2, 0.25) is 0 Å². The summed E-state index contributed by atoms with van der Waals surface area (Å²) in [6.45, 7) is 1.91. The molecule has 1 heterocycles. The van der Waals surface area contributed by atoms with Crippen molar-refractivity contribution in [1.82, 2.24) is 10.3 Å². The van der Waals surface area contributed by atoms with E-state index < -0.39 is 11.8 Å². The van der Waals surface area contributed by atoms with Crippen molar-refractivity contribution in [2.24, 2.45) is 5.10 Å². The number of para-hydroxylation sites is 2. The molecule has 1 saturated heterocycles. The summed E-state index contributed by atoms with van der Waals surface area (Å²) in [5, 5.41) is 6.28. The summed E-state index contributed by atoms with van der Waals surface area (Å²) in [5.41, 5.74) is 3.07. The van der Waals surface area contributed by atoms with Crippen LogP contribution in [0.1, 0.15) is 5.56 Å². The lowest BCUT2D eigenvalue weighted by Gasteiger charge is -2.26. The minimum absolute atomic E-state index is 0.151. The van der Waals surface area contributed by atoms with E-state index in [1.165, 1.54) is 20.4 Å². The smallest absolute Gasteiger partial charge is 0.329 e. The highest BCUT2D eigenvalue weighted by Gasteiger charge is 2.19. The van der Waals surface area contributed by atoms with Gasteiger partial charge in [0.1, 0.15) is 5.75 Å². The first-order valence-electron chi connectivity index (χ1n) is 10.6. The van der Waals surface area contributed by atoms with E-state index in [2.05, 4.69) is 31.8 Å². The van der Waals surface area contributed by atoms with E-state index in [-0.39, 0.29) is 12.5 Å². The van der Waals surface area contributed by atoms with Crippen LogP contribution >= 0.6 is 15.9 Å². The number of hydrogen-bond acceptors (Lipinski definition) is 8. The van der Waals surface area contributed by atoms with Crippen LogP contribution in [-0.2, 0) is 19.1 Å². The molecule has 0 saturated carbocycles. The molecule has 3 amide bonds. The minimum Gasteiger partial charge on any atom is -0.495 e. The fourth-order valence-electron chi connectivity index (χ4n) is 3.14. The fourth-order valence-corrected chi connectivity index (χ4v) is 3.71. The Kier molecular flexibility index (Phi) is 9.44. The second kappa shape index (κ2) is 12.7. The summed E-state index contributed by atoms with van der Waals surface area (Å²) < 4.78 is 22.0. The first-order chi connectivity index (χ1) is 16.9. The van der Waals surface area contributed by atoms with E-state index in [1.807, 2.05) is 0 Å². The number of nitrogens with zero attached hydrogens (tertiary/aromatic N) is 2. The van der Waals surface area contributed by atoms with Gasteiger partial charge in [-0.25, -0.2) is 5.43 Å². The van der Waals surface area contributed by atoms with Gasteiger partial charge < -0.3 is 29.2 Å². The minimum atomic E-state index is -0.959. The van der Waals surface area contributed by atoms with Gasteiger partial charge in [-0.1, -0.05) is 12.1 Å². The van der Waals surface area contributed by atoms with Crippen molar-refractivity contribution in [3.8, 4) is 17.2 Å². The number of carbonyl (C=O) groups is 3. The van der Waals surface area contributed by atoms with Crippen LogP contribution in [0, 0.1) is 0 Å². The van der Waals surface area contributed by atoms with Crippen LogP contribution in [0.4, 0.5) is 5.69 Å². The molecule has 0 spiro atoms. The third-order valence-corrected chi connectivity index (χ3v) is 5.49. The van der Waals surface area contributed by atoms with Gasteiger partial charge in [0.15, 0.2) is 18.1 Å². The van der Waals surface area contributed by atoms with Crippen molar-refractivity contribution in [3.05, 3.63) is 46.4 Å². The Bertz CT molecular complexity index is 1100. The molecule has 0 aromatic heterocycles. The van der Waals surface area contributed by atoms with Crippen molar-refractivity contribution in [1.29, 1.82) is 0 Å². The molecule has 35 heavy (non-hydrogen) atoms. The summed E-state index contributed by atoms with van der Waals surface area (Å²) in [5.74, 6) is -0.883. The van der Waals surface area contributed by atoms with Crippen molar-refractivity contribution in [2.75, 3.05) is 52.4 Å². The highest BCUT2D eigenvalue weighted by atomic mass is 79.9. The Balaban J connectivity index is 1.59. The molecule has 0 unspecified atom stereocenters. The molecule has 2 aromatic carbocycles. The number of nitrogens with one attached hydrogen (secondary N) is 2. The molecule has 2 aromatic rings. The van der Waals surface area contributed by atoms with Crippen LogP contribution in [-0.4, -0.2) is 76.0 Å². The predicted molar refractivity (Wildman–Crippen MR) is 131 cm³/mol. The van der Waals surface area contributed by atoms with Gasteiger partial charge in [-0.05, 0) is 45.8 Å². The first-order valence-corrected chi connectivity index (χ1v) is 11.4. The van der Waals surface area contributed by atoms with Crippen molar-refractivity contribution < 1.29 is 33.3 Å². The van der Waals surface area contributed by atoms with Gasteiger partial charge in [-0.15, -0.1) is 0 Å². The van der Waals surface area contributed by atoms with Gasteiger partial charge >= 0.3 is 11.8 Å². The average Bonchev–Trinajstić information content (AvgIpc) is 2.88. The number of amides is 3. The lowest BCUT2D eigenvalue weighted by Crippen LogP contribution is -2.43. The topological polar surface area (TPSA) is 128 Å². The summed E-state index contributed by atoms with van der Waals surface area (Å²) >= 11 is 3.40. The van der Waals surface area contributed by atoms with Gasteiger partial charge in [-0.3, -0.25) is 14.4 Å². The molecule has 0 aliphatic carbocycles. The number of carbonyl (C=O) groups excluding carboxylic acids is 3. The van der Waals surface area contributed by atoms with Gasteiger partial charge in [0.2, 0.25) is 0 Å². The molecule has 1 aliphatic rings. The molecule has 0 atom stereocenters. The molecule has 3 rings (SSSR count). The normalized spacial score (nSPS) is 13.3. The van der Waals surface area contributed by atoms with Crippen LogP contribution in [0.15, 0.2) is 46.0 Å². The monoisotopic (exact) mass is 548 g/mol. The zero-order valence-electron chi connectivity index (χ0n) is 19.2. The van der Waals surface area contributed by atoms with Crippen LogP contribution in [0.3, 0.4) is 0 Å². The number of rotatable bonds is 8. The molecule has 11 nitrogen and oxygen atoms in total. The quantitative estimate of drug-likeness (QED) is 0.292. The Morgan fingerprint density at radius 1 is 1.09 bits per heavy atom. The number of methoxy groups -OCH3 is 2. The Morgan fingerprint density at radius 2 is 1.80 bits per heavy atom. The maximum absolute atomic E-state index is 12.3. The van der Waals surface area contributed by atoms with Gasteiger partial charge in [-0.2, -0.15) is 5.10 Å². The van der Waals surface area contributed by atoms with E-state index in [0.717, 1.165) is 0 Å². The van der Waals surface area contributed by atoms with E-state index in [1.54, 1.807) is 41.3 Å². The molecular formula is C23H25BrN4O7. The summed E-state index contributed by atoms with van der Waals surface area (Å²) in [6.07, 6.45) is 1.34. The van der Waals surface area contributed by atoms with E-state index in [0.29, 0.717) is 59.3 Å². The molecule has 12 heteroatoms. The maximum atomic E-state index is 12.3. The molecule has 1 aliphatic heterocycles. The number of anilines is 1. The average molecular weight is 549 g/mol. The number of hydrogen-bond donors (Lipinski definition) is 2. The highest BCUT2D eigenvalue weighted by molar-refractivity contribution is 9.10. The first kappa shape index (κ1) is 26.0. The number of ether oxygens (including phenoxy) is 4. The maximum Gasteiger partial charge on any atom is 0.329 e. The predicted octanol–water partition coefficient (Wildman–Crippen LogP) is 1.79. The lowest BCUT2D eigenvalue weighted by molar-refractivity contribution is -0.137. The zero-order valence-corrected chi connectivity index (χ0v) is 20.8. The van der Waals surface area contributed by atoms with Gasteiger partial charge in [0.25, 0.3) is 5.91 Å². The summed E-state index contributed by atoms with van der Waals surface area (Å²) in [7, 11) is 2.92. The molecule has 0 bridgehead atoms. The second-order valence-corrected chi connectivity index (χ2v) is 8.02. The van der Waals surface area contributed by atoms with Gasteiger partial charge in [0, 0.05) is 13.1 Å². The van der Waals surface area contributed by atoms with E-state index >= 15 is 0 Å². The number of halogens is 1. The molecule has 0 radical (unpaired) electrons. The van der Waals surface area contributed by atoms with Crippen LogP contribution in [0.25, 0.3) is 0 Å². The largest absolute Gasteiger partial charge is 0.495 e. The second-order valence-electron chi connectivity index (χ2n) is 7.17. The molecule has 186 valence electrons. The standard InChI is InChI=1S/C23H25BrN4O7/c1-32-18-6-4-3-5-17(18)26-22(30)23(31)27-25-13-15-11-16(24)21(19(12-15)33-2)35-14-20(29)28-7-9-34-10-8-28/h3-6,11-13H,7-10,14H2,1-2H3,(H,26,30)(H,27,31)/b25-13-. The summed E-state index contributed by atoms with van der Waals surface area (Å²) in [4.78, 5) is 38.2. The van der Waals surface area contributed by atoms with E-state index in [9.17, 15) is 14.4 Å². The third kappa shape index (κ3) is 7.17. The van der Waals surface area contributed by atoms with Crippen LogP contribution in [0.5, 0.6) is 17.2 Å². The number of benzene rings is 2. The van der Waals surface area contributed by atoms with Gasteiger partial charge in [0.05, 0.1) is 43.8 Å². The van der Waals surface area contributed by atoms with Crippen LogP contribution < -0.4 is 25.0 Å². The fraction of sp³-hybridized carbons (Fsp3) is 0.304. The molecule has 1 fully saturated rings. The zero-order chi connectivity index (χ0) is 25.2. The summed E-state index contributed by atoms with van der Waals surface area (Å²) in [6, 6.07) is 9.98. The Morgan fingerprint density at radius 3 is 2.51 bits per heavy atom. The van der Waals surface area contributed by atoms with Crippen molar-refractivity contribution in [3.63, 3.8) is 0 Å². The molecule has 2 N–H and O–H groups in total. The lowest BCUT2D eigenvalue weighted by atomic mass is 10.2. The highest BCUT2D eigenvalue weighted by Crippen LogP contribution is 2.36.